The van der Waals surface area contributed by atoms with Crippen molar-refractivity contribution in [3.05, 3.63) is 51.5 Å². The number of aryl methyl sites for hydroxylation is 1. The van der Waals surface area contributed by atoms with Gasteiger partial charge in [0.1, 0.15) is 11.5 Å². The third-order valence-electron chi connectivity index (χ3n) is 2.66. The molecule has 1 aromatic carbocycles. The second-order valence-corrected chi connectivity index (χ2v) is 5.03. The molecule has 1 aromatic heterocycles. The zero-order chi connectivity index (χ0) is 13.3. The molecule has 0 fully saturated rings. The summed E-state index contributed by atoms with van der Waals surface area (Å²) in [6, 6.07) is 3.04. The lowest BCUT2D eigenvalue weighted by Crippen LogP contribution is -2.09. The lowest BCUT2D eigenvalue weighted by Gasteiger charge is -2.16. The van der Waals surface area contributed by atoms with Crippen LogP contribution in [0.5, 0.6) is 0 Å². The highest BCUT2D eigenvalue weighted by Crippen LogP contribution is 2.29. The molecule has 1 nitrogen and oxygen atoms in total. The summed E-state index contributed by atoms with van der Waals surface area (Å²) in [4.78, 5) is 0.998. The molecule has 1 unspecified atom stereocenters. The third kappa shape index (κ3) is 2.51. The van der Waals surface area contributed by atoms with E-state index in [-0.39, 0.29) is 11.7 Å². The molecule has 0 spiro atoms. The van der Waals surface area contributed by atoms with E-state index in [0.717, 1.165) is 10.4 Å². The predicted molar refractivity (Wildman–Crippen MR) is 67.4 cm³/mol. The third-order valence-corrected chi connectivity index (χ3v) is 3.86. The van der Waals surface area contributed by atoms with Gasteiger partial charge in [0.25, 0.3) is 0 Å². The molecule has 5 heteroatoms. The van der Waals surface area contributed by atoms with Crippen molar-refractivity contribution < 1.29 is 13.2 Å². The van der Waals surface area contributed by atoms with Crippen LogP contribution in [-0.2, 0) is 0 Å². The Morgan fingerprint density at radius 3 is 2.28 bits per heavy atom. The molecule has 0 bridgehead atoms. The maximum absolute atomic E-state index is 13.5. The van der Waals surface area contributed by atoms with Crippen LogP contribution < -0.4 is 5.32 Å². The second-order valence-electron chi connectivity index (χ2n) is 4.08. The molecule has 18 heavy (non-hydrogen) atoms. The molecule has 1 atom stereocenters. The van der Waals surface area contributed by atoms with Crippen molar-refractivity contribution in [2.45, 2.75) is 19.9 Å². The minimum atomic E-state index is -0.923. The lowest BCUT2D eigenvalue weighted by molar-refractivity contribution is 0.545. The van der Waals surface area contributed by atoms with Gasteiger partial charge >= 0.3 is 0 Å². The van der Waals surface area contributed by atoms with Gasteiger partial charge in [0.05, 0.1) is 6.04 Å². The van der Waals surface area contributed by atoms with Crippen LogP contribution >= 0.6 is 11.3 Å². The molecule has 96 valence electrons. The molecular formula is C13H12F3NS. The first kappa shape index (κ1) is 13.0. The summed E-state index contributed by atoms with van der Waals surface area (Å²) in [5.74, 6) is -2.77. The highest BCUT2D eigenvalue weighted by molar-refractivity contribution is 7.10. The summed E-state index contributed by atoms with van der Waals surface area (Å²) in [6.07, 6.45) is 0. The smallest absolute Gasteiger partial charge is 0.152 e. The van der Waals surface area contributed by atoms with E-state index in [0.29, 0.717) is 12.1 Å². The quantitative estimate of drug-likeness (QED) is 0.857. The number of benzene rings is 1. The maximum Gasteiger partial charge on any atom is 0.152 e. The summed E-state index contributed by atoms with van der Waals surface area (Å²) in [5.41, 5.74) is 0.764. The Morgan fingerprint density at radius 2 is 1.78 bits per heavy atom. The molecule has 0 aliphatic heterocycles. The summed E-state index contributed by atoms with van der Waals surface area (Å²) in [7, 11) is 0. The van der Waals surface area contributed by atoms with Crippen molar-refractivity contribution in [1.82, 2.24) is 0 Å². The highest BCUT2D eigenvalue weighted by atomic mass is 32.1. The Balaban J connectivity index is 2.27. The van der Waals surface area contributed by atoms with Gasteiger partial charge in [-0.1, -0.05) is 0 Å². The number of nitrogens with one attached hydrogen (secondary N) is 1. The Hall–Kier alpha value is -1.49. The highest BCUT2D eigenvalue weighted by Gasteiger charge is 2.16. The van der Waals surface area contributed by atoms with Crippen LogP contribution in [0.2, 0.25) is 0 Å². The summed E-state index contributed by atoms with van der Waals surface area (Å²) < 4.78 is 39.7. The zero-order valence-corrected chi connectivity index (χ0v) is 10.7. The molecule has 0 amide bonds. The van der Waals surface area contributed by atoms with Crippen LogP contribution in [0.1, 0.15) is 23.4 Å². The summed E-state index contributed by atoms with van der Waals surface area (Å²) >= 11 is 1.51. The lowest BCUT2D eigenvalue weighted by atomic mass is 10.1. The van der Waals surface area contributed by atoms with Crippen molar-refractivity contribution in [3.63, 3.8) is 0 Å². The first-order chi connectivity index (χ1) is 8.49. The second kappa shape index (κ2) is 5.02. The van der Waals surface area contributed by atoms with E-state index >= 15 is 0 Å². The molecule has 0 saturated heterocycles. The standard InChI is InChI=1S/C13H12F3NS/c1-7-3-4-18-13(7)8(2)17-12-10(15)5-9(14)6-11(12)16/h3-6,8,17H,1-2H3. The van der Waals surface area contributed by atoms with E-state index in [4.69, 9.17) is 0 Å². The molecule has 0 aliphatic rings. The van der Waals surface area contributed by atoms with Gasteiger partial charge < -0.3 is 5.32 Å². The fraction of sp³-hybridized carbons (Fsp3) is 0.231. The zero-order valence-electron chi connectivity index (χ0n) is 9.93. The van der Waals surface area contributed by atoms with E-state index in [1.165, 1.54) is 11.3 Å². The summed E-state index contributed by atoms with van der Waals surface area (Å²) in [6.45, 7) is 3.74. The first-order valence-electron chi connectivity index (χ1n) is 5.44. The molecule has 2 rings (SSSR count). The average molecular weight is 271 g/mol. The topological polar surface area (TPSA) is 12.0 Å². The Bertz CT molecular complexity index is 542. The maximum atomic E-state index is 13.5. The van der Waals surface area contributed by atoms with E-state index in [1.807, 2.05) is 18.4 Å². The monoisotopic (exact) mass is 271 g/mol. The number of hydrogen-bond acceptors (Lipinski definition) is 2. The van der Waals surface area contributed by atoms with Gasteiger partial charge in [0.2, 0.25) is 0 Å². The number of rotatable bonds is 3. The van der Waals surface area contributed by atoms with Gasteiger partial charge in [-0.05, 0) is 30.9 Å². The van der Waals surface area contributed by atoms with Crippen LogP contribution in [0.4, 0.5) is 18.9 Å². The number of hydrogen-bond donors (Lipinski definition) is 1. The normalized spacial score (nSPS) is 12.5. The largest absolute Gasteiger partial charge is 0.373 e. The Kier molecular flexibility index (Phi) is 3.61. The van der Waals surface area contributed by atoms with Gasteiger partial charge in [-0.3, -0.25) is 0 Å². The van der Waals surface area contributed by atoms with E-state index in [9.17, 15) is 13.2 Å². The number of halogens is 3. The van der Waals surface area contributed by atoms with Crippen molar-refractivity contribution >= 4 is 17.0 Å². The fourth-order valence-electron chi connectivity index (χ4n) is 1.79. The number of anilines is 1. The van der Waals surface area contributed by atoms with Crippen LogP contribution in [-0.4, -0.2) is 0 Å². The van der Waals surface area contributed by atoms with E-state index < -0.39 is 17.5 Å². The minimum absolute atomic E-state index is 0.237. The first-order valence-corrected chi connectivity index (χ1v) is 6.32. The molecule has 0 radical (unpaired) electrons. The van der Waals surface area contributed by atoms with Crippen molar-refractivity contribution in [1.29, 1.82) is 0 Å². The van der Waals surface area contributed by atoms with E-state index in [1.54, 1.807) is 6.92 Å². The van der Waals surface area contributed by atoms with E-state index in [2.05, 4.69) is 5.32 Å². The fourth-order valence-corrected chi connectivity index (χ4v) is 2.73. The van der Waals surface area contributed by atoms with Gasteiger partial charge in [-0.15, -0.1) is 11.3 Å². The van der Waals surface area contributed by atoms with Gasteiger partial charge in [0, 0.05) is 17.0 Å². The van der Waals surface area contributed by atoms with Crippen molar-refractivity contribution in [3.8, 4) is 0 Å². The van der Waals surface area contributed by atoms with Crippen LogP contribution in [0, 0.1) is 24.4 Å². The van der Waals surface area contributed by atoms with Gasteiger partial charge in [0.15, 0.2) is 11.6 Å². The molecule has 1 N–H and O–H groups in total. The van der Waals surface area contributed by atoms with Crippen LogP contribution in [0.15, 0.2) is 23.6 Å². The SMILES string of the molecule is Cc1ccsc1C(C)Nc1c(F)cc(F)cc1F. The molecule has 0 saturated carbocycles. The molecule has 2 aromatic rings. The van der Waals surface area contributed by atoms with Crippen LogP contribution in [0.3, 0.4) is 0 Å². The minimum Gasteiger partial charge on any atom is -0.373 e. The molecule has 1 heterocycles. The molecular weight excluding hydrogens is 259 g/mol. The van der Waals surface area contributed by atoms with Gasteiger partial charge in [-0.2, -0.15) is 0 Å². The van der Waals surface area contributed by atoms with Gasteiger partial charge in [-0.25, -0.2) is 13.2 Å². The molecule has 0 aliphatic carbocycles. The van der Waals surface area contributed by atoms with Crippen molar-refractivity contribution in [2.75, 3.05) is 5.32 Å². The Labute approximate surface area is 107 Å². The van der Waals surface area contributed by atoms with Crippen LogP contribution in [0.25, 0.3) is 0 Å². The summed E-state index contributed by atoms with van der Waals surface area (Å²) in [5, 5.41) is 4.66. The van der Waals surface area contributed by atoms with Crippen molar-refractivity contribution in [2.24, 2.45) is 0 Å². The Morgan fingerprint density at radius 1 is 1.17 bits per heavy atom. The number of thiophene rings is 1. The average Bonchev–Trinajstić information content (AvgIpc) is 2.69. The predicted octanol–water partition coefficient (Wildman–Crippen LogP) is 4.65.